The normalized spacial score (nSPS) is 13.6. The van der Waals surface area contributed by atoms with E-state index in [1.807, 2.05) is 41.3 Å². The van der Waals surface area contributed by atoms with E-state index in [9.17, 15) is 14.9 Å². The van der Waals surface area contributed by atoms with E-state index in [2.05, 4.69) is 43.3 Å². The molecule has 0 unspecified atom stereocenters. The zero-order valence-electron chi connectivity index (χ0n) is 21.4. The molecule has 0 saturated heterocycles. The van der Waals surface area contributed by atoms with E-state index in [1.165, 1.54) is 16.9 Å². The second kappa shape index (κ2) is 11.0. The van der Waals surface area contributed by atoms with E-state index in [4.69, 9.17) is 5.73 Å². The van der Waals surface area contributed by atoms with Crippen molar-refractivity contribution in [1.82, 2.24) is 9.88 Å². The number of amides is 1. The van der Waals surface area contributed by atoms with Crippen LogP contribution in [-0.2, 0) is 13.0 Å². The standard InChI is InChI=1S/C27H32N6O3S/c1-16(2)18-5-8-20(9-6-18)29-25(15-33(35)36)32-12-11-22-24(14-32)37-27(31-22)26(34)30-23-13-19(17(3)4)7-10-21(23)28/h5-10,13,15-17,29H,11-12,14,28H2,1-4H3,(H,30,34)/b25-15+. The quantitative estimate of drug-likeness (QED) is 0.195. The Balaban J connectivity index is 1.50. The maximum absolute atomic E-state index is 13.0. The number of rotatable bonds is 8. The fourth-order valence-electron chi connectivity index (χ4n) is 4.11. The molecule has 10 heteroatoms. The summed E-state index contributed by atoms with van der Waals surface area (Å²) in [5, 5.41) is 17.8. The molecule has 0 bridgehead atoms. The number of benzene rings is 2. The van der Waals surface area contributed by atoms with Crippen LogP contribution in [0.1, 0.15) is 71.0 Å². The number of carbonyl (C=O) groups excluding carboxylic acids is 1. The number of nitrogens with zero attached hydrogens (tertiary/aromatic N) is 3. The predicted octanol–water partition coefficient (Wildman–Crippen LogP) is 5.77. The number of hydrogen-bond donors (Lipinski definition) is 3. The van der Waals surface area contributed by atoms with Crippen molar-refractivity contribution in [3.05, 3.63) is 91.3 Å². The van der Waals surface area contributed by atoms with Crippen molar-refractivity contribution in [3.63, 3.8) is 0 Å². The summed E-state index contributed by atoms with van der Waals surface area (Å²) in [5.41, 5.74) is 11.0. The summed E-state index contributed by atoms with van der Waals surface area (Å²) < 4.78 is 0. The molecule has 0 aliphatic carbocycles. The molecule has 2 aromatic carbocycles. The topological polar surface area (TPSA) is 126 Å². The summed E-state index contributed by atoms with van der Waals surface area (Å²) in [5.74, 6) is 0.780. The number of carbonyl (C=O) groups is 1. The zero-order valence-corrected chi connectivity index (χ0v) is 22.3. The van der Waals surface area contributed by atoms with Gasteiger partial charge in [0.1, 0.15) is 0 Å². The summed E-state index contributed by atoms with van der Waals surface area (Å²) in [4.78, 5) is 31.3. The van der Waals surface area contributed by atoms with E-state index in [0.29, 0.717) is 53.5 Å². The van der Waals surface area contributed by atoms with Crippen molar-refractivity contribution in [2.24, 2.45) is 0 Å². The minimum atomic E-state index is -0.457. The molecule has 0 atom stereocenters. The average molecular weight is 521 g/mol. The van der Waals surface area contributed by atoms with Gasteiger partial charge in [0.05, 0.1) is 28.5 Å². The van der Waals surface area contributed by atoms with Crippen LogP contribution in [0.5, 0.6) is 0 Å². The lowest BCUT2D eigenvalue weighted by Gasteiger charge is -2.29. The highest BCUT2D eigenvalue weighted by molar-refractivity contribution is 7.13. The Labute approximate surface area is 220 Å². The molecule has 0 spiro atoms. The average Bonchev–Trinajstić information content (AvgIpc) is 3.28. The lowest BCUT2D eigenvalue weighted by molar-refractivity contribution is -0.404. The number of nitrogens with two attached hydrogens (primary N) is 1. The number of hydrogen-bond acceptors (Lipinski definition) is 8. The third kappa shape index (κ3) is 6.26. The third-order valence-electron chi connectivity index (χ3n) is 6.34. The smallest absolute Gasteiger partial charge is 0.284 e. The molecule has 1 aromatic heterocycles. The monoisotopic (exact) mass is 520 g/mol. The highest BCUT2D eigenvalue weighted by Crippen LogP contribution is 2.30. The molecule has 9 nitrogen and oxygen atoms in total. The van der Waals surface area contributed by atoms with Crippen LogP contribution in [0.25, 0.3) is 0 Å². The molecule has 4 N–H and O–H groups in total. The van der Waals surface area contributed by atoms with E-state index in [-0.39, 0.29) is 5.91 Å². The molecule has 1 aliphatic heterocycles. The molecule has 194 valence electrons. The van der Waals surface area contributed by atoms with Gasteiger partial charge in [-0.15, -0.1) is 11.3 Å². The van der Waals surface area contributed by atoms with Crippen LogP contribution in [-0.4, -0.2) is 27.3 Å². The van der Waals surface area contributed by atoms with Gasteiger partial charge in [-0.3, -0.25) is 14.9 Å². The lowest BCUT2D eigenvalue weighted by atomic mass is 10.0. The molecule has 2 heterocycles. The fraction of sp³-hybridized carbons (Fsp3) is 0.333. The van der Waals surface area contributed by atoms with Crippen LogP contribution in [0.2, 0.25) is 0 Å². The first-order valence-electron chi connectivity index (χ1n) is 12.3. The minimum Gasteiger partial charge on any atom is -0.397 e. The van der Waals surface area contributed by atoms with Gasteiger partial charge in [0.2, 0.25) is 0 Å². The van der Waals surface area contributed by atoms with Crippen LogP contribution in [0.3, 0.4) is 0 Å². The Kier molecular flexibility index (Phi) is 7.77. The Morgan fingerprint density at radius 1 is 1.11 bits per heavy atom. The second-order valence-electron chi connectivity index (χ2n) is 9.72. The van der Waals surface area contributed by atoms with Gasteiger partial charge < -0.3 is 21.3 Å². The first-order valence-corrected chi connectivity index (χ1v) is 13.1. The first kappa shape index (κ1) is 26.2. The number of fused-ring (bicyclic) bond motifs is 1. The summed E-state index contributed by atoms with van der Waals surface area (Å²) in [7, 11) is 0. The second-order valence-corrected chi connectivity index (χ2v) is 10.8. The maximum atomic E-state index is 13.0. The number of nitrogen functional groups attached to an aromatic ring is 1. The van der Waals surface area contributed by atoms with Gasteiger partial charge in [-0.05, 0) is 47.2 Å². The minimum absolute atomic E-state index is 0.303. The predicted molar refractivity (Wildman–Crippen MR) is 148 cm³/mol. The summed E-state index contributed by atoms with van der Waals surface area (Å²) in [6.45, 7) is 9.35. The van der Waals surface area contributed by atoms with E-state index in [1.54, 1.807) is 6.07 Å². The molecule has 4 rings (SSSR count). The van der Waals surface area contributed by atoms with Gasteiger partial charge in [0.15, 0.2) is 10.8 Å². The molecule has 3 aromatic rings. The number of nitrogens with one attached hydrogen (secondary N) is 2. The molecule has 1 aliphatic rings. The van der Waals surface area contributed by atoms with Crippen LogP contribution in [0.15, 0.2) is 54.5 Å². The first-order chi connectivity index (χ1) is 17.6. The summed E-state index contributed by atoms with van der Waals surface area (Å²) in [6.07, 6.45) is 1.56. The van der Waals surface area contributed by atoms with Crippen molar-refractivity contribution in [3.8, 4) is 0 Å². The summed E-state index contributed by atoms with van der Waals surface area (Å²) >= 11 is 1.30. The van der Waals surface area contributed by atoms with E-state index < -0.39 is 4.92 Å². The Morgan fingerprint density at radius 3 is 2.43 bits per heavy atom. The Morgan fingerprint density at radius 2 is 1.78 bits per heavy atom. The number of nitro groups is 1. The number of anilines is 3. The van der Waals surface area contributed by atoms with Gasteiger partial charge in [-0.1, -0.05) is 45.9 Å². The van der Waals surface area contributed by atoms with Crippen molar-refractivity contribution < 1.29 is 9.72 Å². The number of aromatic nitrogens is 1. The van der Waals surface area contributed by atoms with Crippen LogP contribution in [0.4, 0.5) is 17.1 Å². The Hall–Kier alpha value is -3.92. The van der Waals surface area contributed by atoms with Gasteiger partial charge >= 0.3 is 0 Å². The molecule has 37 heavy (non-hydrogen) atoms. The zero-order chi connectivity index (χ0) is 26.7. The molecule has 0 fully saturated rings. The van der Waals surface area contributed by atoms with Gasteiger partial charge in [0, 0.05) is 23.5 Å². The van der Waals surface area contributed by atoms with Crippen molar-refractivity contribution >= 4 is 34.3 Å². The molecule has 0 saturated carbocycles. The Bertz CT molecular complexity index is 1330. The highest BCUT2D eigenvalue weighted by Gasteiger charge is 2.26. The van der Waals surface area contributed by atoms with Gasteiger partial charge in [0.25, 0.3) is 12.1 Å². The molecular weight excluding hydrogens is 488 g/mol. The van der Waals surface area contributed by atoms with Crippen molar-refractivity contribution in [2.45, 2.75) is 52.5 Å². The van der Waals surface area contributed by atoms with Gasteiger partial charge in [-0.25, -0.2) is 4.98 Å². The highest BCUT2D eigenvalue weighted by atomic mass is 32.1. The molecule has 0 radical (unpaired) electrons. The largest absolute Gasteiger partial charge is 0.397 e. The maximum Gasteiger partial charge on any atom is 0.284 e. The van der Waals surface area contributed by atoms with Crippen molar-refractivity contribution in [2.75, 3.05) is 22.9 Å². The van der Waals surface area contributed by atoms with E-state index in [0.717, 1.165) is 28.0 Å². The van der Waals surface area contributed by atoms with Crippen LogP contribution in [0, 0.1) is 10.1 Å². The van der Waals surface area contributed by atoms with Gasteiger partial charge in [-0.2, -0.15) is 0 Å². The van der Waals surface area contributed by atoms with Crippen molar-refractivity contribution in [1.29, 1.82) is 0 Å². The van der Waals surface area contributed by atoms with Crippen LogP contribution >= 0.6 is 11.3 Å². The summed E-state index contributed by atoms with van der Waals surface area (Å²) in [6, 6.07) is 13.5. The molecule has 1 amide bonds. The fourth-order valence-corrected chi connectivity index (χ4v) is 5.13. The SMILES string of the molecule is CC(C)c1ccc(N/C(=C\[N+](=O)[O-])N2CCc3nc(C(=O)Nc4cc(C(C)C)ccc4N)sc3C2)cc1. The number of thiazole rings is 1. The van der Waals surface area contributed by atoms with Crippen LogP contribution < -0.4 is 16.4 Å². The lowest BCUT2D eigenvalue weighted by Crippen LogP contribution is -2.33. The van der Waals surface area contributed by atoms with E-state index >= 15 is 0 Å². The third-order valence-corrected chi connectivity index (χ3v) is 7.42. The molecular formula is C27H32N6O3S.